The zero-order valence-electron chi connectivity index (χ0n) is 12.8. The number of nitrogens with zero attached hydrogens (tertiary/aromatic N) is 1. The number of hydrogen-bond acceptors (Lipinski definition) is 5. The molecule has 0 saturated carbocycles. The van der Waals surface area contributed by atoms with Crippen molar-refractivity contribution in [3.05, 3.63) is 46.5 Å². The van der Waals surface area contributed by atoms with Crippen molar-refractivity contribution >= 4 is 28.8 Å². The first-order valence-electron chi connectivity index (χ1n) is 6.84. The van der Waals surface area contributed by atoms with E-state index in [-0.39, 0.29) is 0 Å². The Labute approximate surface area is 133 Å². The third-order valence-corrected chi connectivity index (χ3v) is 3.47. The minimum atomic E-state index is -0.537. The van der Waals surface area contributed by atoms with Gasteiger partial charge in [0.25, 0.3) is 0 Å². The number of ether oxygens (including phenoxy) is 1. The normalized spacial score (nSPS) is 11.0. The van der Waals surface area contributed by atoms with Gasteiger partial charge in [0.15, 0.2) is 5.13 Å². The molecule has 5 nitrogen and oxygen atoms in total. The number of aldehydes is 1. The third-order valence-electron chi connectivity index (χ3n) is 2.66. The molecule has 1 amide bonds. The first kappa shape index (κ1) is 16.2. The first-order valence-corrected chi connectivity index (χ1v) is 7.72. The number of nitrogens with one attached hydrogen (secondary N) is 1. The Kier molecular flexibility index (Phi) is 4.92. The molecule has 2 rings (SSSR count). The maximum atomic E-state index is 11.7. The van der Waals surface area contributed by atoms with Gasteiger partial charge in [-0.15, -0.1) is 11.3 Å². The predicted molar refractivity (Wildman–Crippen MR) is 86.6 cm³/mol. The molecule has 116 valence electrons. The Morgan fingerprint density at radius 3 is 2.59 bits per heavy atom. The number of benzene rings is 1. The molecule has 2 aromatic rings. The van der Waals surface area contributed by atoms with E-state index in [2.05, 4.69) is 10.3 Å². The molecule has 0 aliphatic rings. The molecular weight excluding hydrogens is 300 g/mol. The van der Waals surface area contributed by atoms with E-state index in [9.17, 15) is 9.59 Å². The molecule has 0 aliphatic carbocycles. The van der Waals surface area contributed by atoms with E-state index in [0.29, 0.717) is 17.1 Å². The van der Waals surface area contributed by atoms with Crippen molar-refractivity contribution in [3.8, 4) is 0 Å². The summed E-state index contributed by atoms with van der Waals surface area (Å²) in [5.41, 5.74) is 2.02. The van der Waals surface area contributed by atoms with Crippen LogP contribution in [0.5, 0.6) is 0 Å². The second-order valence-corrected chi connectivity index (χ2v) is 6.67. The Hall–Kier alpha value is -2.21. The lowest BCUT2D eigenvalue weighted by molar-refractivity contribution is 0.0636. The molecule has 0 unspecified atom stereocenters. The van der Waals surface area contributed by atoms with E-state index in [1.807, 2.05) is 38.3 Å². The van der Waals surface area contributed by atoms with E-state index in [1.165, 1.54) is 11.3 Å². The van der Waals surface area contributed by atoms with Crippen LogP contribution in [-0.2, 0) is 11.2 Å². The van der Waals surface area contributed by atoms with Gasteiger partial charge in [0, 0.05) is 17.4 Å². The van der Waals surface area contributed by atoms with Crippen molar-refractivity contribution < 1.29 is 14.3 Å². The zero-order valence-corrected chi connectivity index (χ0v) is 13.6. The summed E-state index contributed by atoms with van der Waals surface area (Å²) in [4.78, 5) is 26.6. The smallest absolute Gasteiger partial charge is 0.413 e. The predicted octanol–water partition coefficient (Wildman–Crippen LogP) is 3.89. The largest absolute Gasteiger partial charge is 0.444 e. The molecule has 0 radical (unpaired) electrons. The van der Waals surface area contributed by atoms with Crippen LogP contribution in [0.25, 0.3) is 0 Å². The third kappa shape index (κ3) is 4.96. The first-order chi connectivity index (χ1) is 10.4. The average Bonchev–Trinajstić information content (AvgIpc) is 2.84. The highest BCUT2D eigenvalue weighted by Gasteiger charge is 2.17. The number of amides is 1. The zero-order chi connectivity index (χ0) is 16.2. The Morgan fingerprint density at radius 1 is 1.32 bits per heavy atom. The second-order valence-electron chi connectivity index (χ2n) is 5.81. The van der Waals surface area contributed by atoms with Gasteiger partial charge in [-0.2, -0.15) is 0 Å². The summed E-state index contributed by atoms with van der Waals surface area (Å²) in [7, 11) is 0. The van der Waals surface area contributed by atoms with E-state index >= 15 is 0 Å². The number of carbonyl (C=O) groups is 2. The van der Waals surface area contributed by atoms with Gasteiger partial charge in [0.2, 0.25) is 0 Å². The molecule has 0 spiro atoms. The highest BCUT2D eigenvalue weighted by molar-refractivity contribution is 7.13. The number of aromatic nitrogens is 1. The molecule has 0 atom stereocenters. The summed E-state index contributed by atoms with van der Waals surface area (Å²) >= 11 is 1.35. The standard InChI is InChI=1S/C16H18N2O3S/c1-16(2,3)21-15(20)18-14-17-13(10-22-14)8-11-4-6-12(9-19)7-5-11/h4-7,9-10H,8H2,1-3H3,(H,17,18,20). The molecule has 0 fully saturated rings. The minimum absolute atomic E-state index is 0.508. The van der Waals surface area contributed by atoms with Gasteiger partial charge < -0.3 is 4.74 Å². The lowest BCUT2D eigenvalue weighted by atomic mass is 10.1. The molecule has 1 aromatic heterocycles. The molecule has 1 N–H and O–H groups in total. The van der Waals surface area contributed by atoms with Crippen molar-refractivity contribution in [1.82, 2.24) is 4.98 Å². The molecular formula is C16H18N2O3S. The molecule has 0 aliphatic heterocycles. The van der Waals surface area contributed by atoms with Crippen molar-refractivity contribution in [2.75, 3.05) is 5.32 Å². The van der Waals surface area contributed by atoms with Gasteiger partial charge in [0.1, 0.15) is 11.9 Å². The number of carbonyl (C=O) groups excluding carboxylic acids is 2. The molecule has 0 saturated heterocycles. The van der Waals surface area contributed by atoms with Crippen LogP contribution in [0.3, 0.4) is 0 Å². The highest BCUT2D eigenvalue weighted by Crippen LogP contribution is 2.19. The quantitative estimate of drug-likeness (QED) is 0.868. The van der Waals surface area contributed by atoms with Gasteiger partial charge in [0.05, 0.1) is 5.69 Å². The van der Waals surface area contributed by atoms with Gasteiger partial charge in [-0.25, -0.2) is 9.78 Å². The second kappa shape index (κ2) is 6.70. The SMILES string of the molecule is CC(C)(C)OC(=O)Nc1nc(Cc2ccc(C=O)cc2)cs1. The number of rotatable bonds is 4. The summed E-state index contributed by atoms with van der Waals surface area (Å²) in [6.07, 6.45) is 0.949. The Morgan fingerprint density at radius 2 is 2.00 bits per heavy atom. The molecule has 0 bridgehead atoms. The van der Waals surface area contributed by atoms with Crippen LogP contribution in [0.1, 0.15) is 42.4 Å². The summed E-state index contributed by atoms with van der Waals surface area (Å²) < 4.78 is 5.18. The van der Waals surface area contributed by atoms with Crippen LogP contribution in [0.2, 0.25) is 0 Å². The van der Waals surface area contributed by atoms with E-state index < -0.39 is 11.7 Å². The van der Waals surface area contributed by atoms with Gasteiger partial charge in [-0.05, 0) is 26.3 Å². The van der Waals surface area contributed by atoms with Crippen LogP contribution < -0.4 is 5.32 Å². The van der Waals surface area contributed by atoms with Crippen molar-refractivity contribution in [2.45, 2.75) is 32.8 Å². The van der Waals surface area contributed by atoms with Crippen LogP contribution >= 0.6 is 11.3 Å². The summed E-state index contributed by atoms with van der Waals surface area (Å²) in [6, 6.07) is 7.33. The van der Waals surface area contributed by atoms with Gasteiger partial charge in [-0.1, -0.05) is 24.3 Å². The number of anilines is 1. The summed E-state index contributed by atoms with van der Waals surface area (Å²) in [6.45, 7) is 5.43. The Bertz CT molecular complexity index is 657. The fourth-order valence-corrected chi connectivity index (χ4v) is 2.46. The number of thiazole rings is 1. The van der Waals surface area contributed by atoms with Gasteiger partial charge in [-0.3, -0.25) is 10.1 Å². The van der Waals surface area contributed by atoms with Gasteiger partial charge >= 0.3 is 6.09 Å². The maximum absolute atomic E-state index is 11.7. The number of hydrogen-bond donors (Lipinski definition) is 1. The fraction of sp³-hybridized carbons (Fsp3) is 0.312. The van der Waals surface area contributed by atoms with Crippen molar-refractivity contribution in [2.24, 2.45) is 0 Å². The van der Waals surface area contributed by atoms with Crippen LogP contribution in [-0.4, -0.2) is 23.0 Å². The summed E-state index contributed by atoms with van der Waals surface area (Å²) in [5, 5.41) is 5.02. The van der Waals surface area contributed by atoms with E-state index in [1.54, 1.807) is 12.1 Å². The highest BCUT2D eigenvalue weighted by atomic mass is 32.1. The molecule has 1 aromatic carbocycles. The van der Waals surface area contributed by atoms with Crippen LogP contribution in [0.4, 0.5) is 9.93 Å². The van der Waals surface area contributed by atoms with Crippen LogP contribution in [0, 0.1) is 0 Å². The topological polar surface area (TPSA) is 68.3 Å². The summed E-state index contributed by atoms with van der Waals surface area (Å²) in [5.74, 6) is 0. The van der Waals surface area contributed by atoms with Crippen molar-refractivity contribution in [1.29, 1.82) is 0 Å². The molecule has 22 heavy (non-hydrogen) atoms. The average molecular weight is 318 g/mol. The van der Waals surface area contributed by atoms with E-state index in [0.717, 1.165) is 17.5 Å². The van der Waals surface area contributed by atoms with E-state index in [4.69, 9.17) is 4.74 Å². The minimum Gasteiger partial charge on any atom is -0.444 e. The Balaban J connectivity index is 1.96. The lowest BCUT2D eigenvalue weighted by Crippen LogP contribution is -2.27. The van der Waals surface area contributed by atoms with Crippen molar-refractivity contribution in [3.63, 3.8) is 0 Å². The molecule has 1 heterocycles. The fourth-order valence-electron chi connectivity index (χ4n) is 1.76. The monoisotopic (exact) mass is 318 g/mol. The maximum Gasteiger partial charge on any atom is 0.413 e. The molecule has 6 heteroatoms. The lowest BCUT2D eigenvalue weighted by Gasteiger charge is -2.18. The van der Waals surface area contributed by atoms with Crippen LogP contribution in [0.15, 0.2) is 29.6 Å².